The Balaban J connectivity index is 1.90. The van der Waals surface area contributed by atoms with Gasteiger partial charge >= 0.3 is 0 Å². The largest absolute Gasteiger partial charge is 0.398 e. The highest BCUT2D eigenvalue weighted by Gasteiger charge is 2.36. The molecule has 2 heteroatoms. The molecular formula is C16H24N2. The Hall–Kier alpha value is -1.18. The SMILES string of the molecule is Cc1cc2c(cc1N)NC1CC(C)C(C)CC1C2. The van der Waals surface area contributed by atoms with Crippen LogP contribution in [0.4, 0.5) is 11.4 Å². The van der Waals surface area contributed by atoms with E-state index in [-0.39, 0.29) is 0 Å². The minimum Gasteiger partial charge on any atom is -0.398 e. The van der Waals surface area contributed by atoms with Gasteiger partial charge in [0, 0.05) is 17.4 Å². The van der Waals surface area contributed by atoms with Crippen LogP contribution in [0.2, 0.25) is 0 Å². The molecule has 1 aromatic rings. The molecule has 1 aromatic carbocycles. The molecule has 4 unspecified atom stereocenters. The fraction of sp³-hybridized carbons (Fsp3) is 0.625. The summed E-state index contributed by atoms with van der Waals surface area (Å²) < 4.78 is 0. The molecule has 0 aromatic heterocycles. The Bertz CT molecular complexity index is 423. The molecule has 98 valence electrons. The molecule has 4 atom stereocenters. The quantitative estimate of drug-likeness (QED) is 0.684. The summed E-state index contributed by atoms with van der Waals surface area (Å²) in [6.45, 7) is 6.90. The smallest absolute Gasteiger partial charge is 0.0395 e. The van der Waals surface area contributed by atoms with E-state index in [2.05, 4.69) is 38.2 Å². The van der Waals surface area contributed by atoms with E-state index in [1.807, 2.05) is 0 Å². The Morgan fingerprint density at radius 1 is 1.17 bits per heavy atom. The van der Waals surface area contributed by atoms with Gasteiger partial charge in [0.2, 0.25) is 0 Å². The maximum Gasteiger partial charge on any atom is 0.0395 e. The fourth-order valence-corrected chi connectivity index (χ4v) is 3.67. The highest BCUT2D eigenvalue weighted by atomic mass is 15.0. The lowest BCUT2D eigenvalue weighted by atomic mass is 9.69. The van der Waals surface area contributed by atoms with Crippen LogP contribution in [0, 0.1) is 24.7 Å². The first-order valence-corrected chi connectivity index (χ1v) is 7.20. The van der Waals surface area contributed by atoms with E-state index in [0.717, 1.165) is 23.4 Å². The topological polar surface area (TPSA) is 38.0 Å². The Kier molecular flexibility index (Phi) is 2.76. The summed E-state index contributed by atoms with van der Waals surface area (Å²) in [5.74, 6) is 2.51. The van der Waals surface area contributed by atoms with E-state index in [4.69, 9.17) is 5.73 Å². The predicted octanol–water partition coefficient (Wildman–Crippen LogP) is 3.60. The summed E-state index contributed by atoms with van der Waals surface area (Å²) in [6, 6.07) is 5.06. The number of nitrogens with two attached hydrogens (primary N) is 1. The summed E-state index contributed by atoms with van der Waals surface area (Å²) >= 11 is 0. The van der Waals surface area contributed by atoms with Crippen molar-refractivity contribution >= 4 is 11.4 Å². The van der Waals surface area contributed by atoms with Gasteiger partial charge in [-0.2, -0.15) is 0 Å². The van der Waals surface area contributed by atoms with Crippen molar-refractivity contribution < 1.29 is 0 Å². The van der Waals surface area contributed by atoms with Crippen LogP contribution < -0.4 is 11.1 Å². The van der Waals surface area contributed by atoms with Crippen LogP contribution >= 0.6 is 0 Å². The number of hydrogen-bond acceptors (Lipinski definition) is 2. The van der Waals surface area contributed by atoms with Gasteiger partial charge in [-0.25, -0.2) is 0 Å². The molecule has 1 heterocycles. The number of aryl methyl sites for hydroxylation is 1. The molecule has 3 rings (SSSR count). The van der Waals surface area contributed by atoms with Gasteiger partial charge < -0.3 is 11.1 Å². The molecule has 1 saturated carbocycles. The molecule has 0 bridgehead atoms. The van der Waals surface area contributed by atoms with Gasteiger partial charge in [0.15, 0.2) is 0 Å². The summed E-state index contributed by atoms with van der Waals surface area (Å²) in [6.07, 6.45) is 3.89. The maximum absolute atomic E-state index is 6.02. The number of benzene rings is 1. The monoisotopic (exact) mass is 244 g/mol. The molecule has 2 aliphatic rings. The normalized spacial score (nSPS) is 34.4. The lowest BCUT2D eigenvalue weighted by Crippen LogP contribution is -2.42. The number of nitrogens with one attached hydrogen (secondary N) is 1. The number of nitrogen functional groups attached to an aromatic ring is 1. The standard InChI is InChI=1S/C16H24N2/c1-9-4-12-7-13-5-11(3)14(17)8-16(13)18-15(12)6-10(9)2/h5,8-10,12,15,18H,4,6-7,17H2,1-3H3. The van der Waals surface area contributed by atoms with E-state index in [9.17, 15) is 0 Å². The Morgan fingerprint density at radius 3 is 2.67 bits per heavy atom. The molecule has 3 N–H and O–H groups in total. The molecule has 0 spiro atoms. The first kappa shape index (κ1) is 11.9. The average molecular weight is 244 g/mol. The Morgan fingerprint density at radius 2 is 1.89 bits per heavy atom. The highest BCUT2D eigenvalue weighted by molar-refractivity contribution is 5.65. The minimum absolute atomic E-state index is 0.658. The zero-order chi connectivity index (χ0) is 12.9. The molecule has 0 radical (unpaired) electrons. The van der Waals surface area contributed by atoms with Crippen molar-refractivity contribution in [3.8, 4) is 0 Å². The molecule has 1 aliphatic carbocycles. The maximum atomic E-state index is 6.02. The predicted molar refractivity (Wildman–Crippen MR) is 77.8 cm³/mol. The second-order valence-corrected chi connectivity index (χ2v) is 6.51. The minimum atomic E-state index is 0.658. The van der Waals surface area contributed by atoms with Gasteiger partial charge in [0.1, 0.15) is 0 Å². The third kappa shape index (κ3) is 1.88. The average Bonchev–Trinajstić information content (AvgIpc) is 2.31. The van der Waals surface area contributed by atoms with E-state index in [0.29, 0.717) is 6.04 Å². The van der Waals surface area contributed by atoms with Crippen LogP contribution in [0.5, 0.6) is 0 Å². The molecule has 1 aliphatic heterocycles. The summed E-state index contributed by atoms with van der Waals surface area (Å²) in [5.41, 5.74) is 10.9. The first-order chi connectivity index (χ1) is 8.54. The Labute approximate surface area is 110 Å². The van der Waals surface area contributed by atoms with Crippen LogP contribution in [0.3, 0.4) is 0 Å². The van der Waals surface area contributed by atoms with Gasteiger partial charge in [-0.05, 0) is 61.1 Å². The van der Waals surface area contributed by atoms with Crippen LogP contribution in [-0.2, 0) is 6.42 Å². The van der Waals surface area contributed by atoms with Gasteiger partial charge in [0.05, 0.1) is 0 Å². The van der Waals surface area contributed by atoms with Crippen molar-refractivity contribution in [3.63, 3.8) is 0 Å². The zero-order valence-corrected chi connectivity index (χ0v) is 11.7. The van der Waals surface area contributed by atoms with Gasteiger partial charge in [-0.15, -0.1) is 0 Å². The number of rotatable bonds is 0. The molecule has 1 fully saturated rings. The second kappa shape index (κ2) is 4.18. The molecular weight excluding hydrogens is 220 g/mol. The van der Waals surface area contributed by atoms with Gasteiger partial charge in [-0.1, -0.05) is 19.9 Å². The molecule has 18 heavy (non-hydrogen) atoms. The third-order valence-electron chi connectivity index (χ3n) is 5.16. The van der Waals surface area contributed by atoms with Crippen LogP contribution in [-0.4, -0.2) is 6.04 Å². The van der Waals surface area contributed by atoms with E-state index in [1.165, 1.54) is 36.1 Å². The third-order valence-corrected chi connectivity index (χ3v) is 5.16. The van der Waals surface area contributed by atoms with Crippen molar-refractivity contribution in [3.05, 3.63) is 23.3 Å². The molecule has 0 saturated heterocycles. The van der Waals surface area contributed by atoms with Crippen molar-refractivity contribution in [2.75, 3.05) is 11.1 Å². The fourth-order valence-electron chi connectivity index (χ4n) is 3.67. The number of anilines is 2. The number of fused-ring (bicyclic) bond motifs is 2. The van der Waals surface area contributed by atoms with Crippen molar-refractivity contribution in [2.24, 2.45) is 17.8 Å². The van der Waals surface area contributed by atoms with Crippen LogP contribution in [0.1, 0.15) is 37.8 Å². The van der Waals surface area contributed by atoms with E-state index >= 15 is 0 Å². The van der Waals surface area contributed by atoms with Crippen molar-refractivity contribution in [2.45, 2.75) is 46.1 Å². The van der Waals surface area contributed by atoms with Gasteiger partial charge in [-0.3, -0.25) is 0 Å². The zero-order valence-electron chi connectivity index (χ0n) is 11.7. The van der Waals surface area contributed by atoms with E-state index < -0.39 is 0 Å². The molecule has 2 nitrogen and oxygen atoms in total. The first-order valence-electron chi connectivity index (χ1n) is 7.20. The lowest BCUT2D eigenvalue weighted by molar-refractivity contribution is 0.185. The molecule has 0 amide bonds. The van der Waals surface area contributed by atoms with Crippen LogP contribution in [0.15, 0.2) is 12.1 Å². The summed E-state index contributed by atoms with van der Waals surface area (Å²) in [4.78, 5) is 0. The second-order valence-electron chi connectivity index (χ2n) is 6.51. The summed E-state index contributed by atoms with van der Waals surface area (Å²) in [7, 11) is 0. The highest BCUT2D eigenvalue weighted by Crippen LogP contribution is 2.41. The number of hydrogen-bond donors (Lipinski definition) is 2. The summed E-state index contributed by atoms with van der Waals surface area (Å²) in [5, 5.41) is 3.74. The van der Waals surface area contributed by atoms with Gasteiger partial charge in [0.25, 0.3) is 0 Å². The van der Waals surface area contributed by atoms with E-state index in [1.54, 1.807) is 0 Å². The lowest BCUT2D eigenvalue weighted by Gasteiger charge is -2.43. The van der Waals surface area contributed by atoms with Crippen molar-refractivity contribution in [1.29, 1.82) is 0 Å². The van der Waals surface area contributed by atoms with Crippen LogP contribution in [0.25, 0.3) is 0 Å². The van der Waals surface area contributed by atoms with Crippen molar-refractivity contribution in [1.82, 2.24) is 0 Å².